The maximum atomic E-state index is 14.0. The minimum absolute atomic E-state index is 0.0678. The molecule has 3 aromatic rings. The van der Waals surface area contributed by atoms with Crippen molar-refractivity contribution in [3.8, 4) is 22.4 Å². The third kappa shape index (κ3) is 4.51. The lowest BCUT2D eigenvalue weighted by Crippen LogP contribution is -2.16. The quantitative estimate of drug-likeness (QED) is 0.649. The maximum absolute atomic E-state index is 14.0. The van der Waals surface area contributed by atoms with Crippen LogP contribution in [0.5, 0.6) is 0 Å². The Bertz CT molecular complexity index is 1090. The first-order valence-electron chi connectivity index (χ1n) is 8.77. The highest BCUT2D eigenvalue weighted by atomic mass is 32.2. The summed E-state index contributed by atoms with van der Waals surface area (Å²) >= 11 is 0. The zero-order valence-electron chi connectivity index (χ0n) is 15.5. The lowest BCUT2D eigenvalue weighted by molar-refractivity contribution is -0.143. The molecule has 0 aliphatic heterocycles. The molecule has 0 bridgehead atoms. The van der Waals surface area contributed by atoms with E-state index in [0.717, 1.165) is 10.9 Å². The monoisotopic (exact) mass is 424 g/mol. The first kappa shape index (κ1) is 21.1. The molecule has 0 unspecified atom stereocenters. The molecular formula is C20H19F3N2O3S. The van der Waals surface area contributed by atoms with Crippen molar-refractivity contribution in [1.82, 2.24) is 9.78 Å². The highest BCUT2D eigenvalue weighted by molar-refractivity contribution is 7.90. The van der Waals surface area contributed by atoms with Gasteiger partial charge in [-0.3, -0.25) is 4.68 Å². The van der Waals surface area contributed by atoms with Crippen LogP contribution >= 0.6 is 0 Å². The summed E-state index contributed by atoms with van der Waals surface area (Å²) < 4.78 is 66.1. The number of hydrogen-bond acceptors (Lipinski definition) is 4. The third-order valence-corrected chi connectivity index (χ3v) is 5.50. The van der Waals surface area contributed by atoms with Crippen molar-refractivity contribution < 1.29 is 26.7 Å². The van der Waals surface area contributed by atoms with E-state index in [1.165, 1.54) is 24.3 Å². The average molecular weight is 424 g/mol. The Morgan fingerprint density at radius 3 is 2.14 bits per heavy atom. The summed E-state index contributed by atoms with van der Waals surface area (Å²) in [6, 6.07) is 13.7. The Balaban J connectivity index is 2.27. The Kier molecular flexibility index (Phi) is 5.81. The standard InChI is InChI=1S/C20H19F3N2O3S/c1-29(27,28)16-10-8-15(9-11-16)18-17(14-6-3-2-4-7-14)19(20(21,22)23)25(24-18)12-5-13-26/h2-4,6-11,26H,5,12-13H2,1H3. The molecule has 5 nitrogen and oxygen atoms in total. The van der Waals surface area contributed by atoms with Gasteiger partial charge in [0.2, 0.25) is 0 Å². The van der Waals surface area contributed by atoms with Crippen LogP contribution in [0.3, 0.4) is 0 Å². The van der Waals surface area contributed by atoms with Gasteiger partial charge in [0.1, 0.15) is 5.69 Å². The average Bonchev–Trinajstić information content (AvgIpc) is 3.06. The lowest BCUT2D eigenvalue weighted by atomic mass is 9.98. The maximum Gasteiger partial charge on any atom is 0.433 e. The smallest absolute Gasteiger partial charge is 0.396 e. The van der Waals surface area contributed by atoms with E-state index in [1.54, 1.807) is 30.3 Å². The summed E-state index contributed by atoms with van der Waals surface area (Å²) in [4.78, 5) is 0.0678. The van der Waals surface area contributed by atoms with Crippen LogP contribution < -0.4 is 0 Å². The number of hydrogen-bond donors (Lipinski definition) is 1. The van der Waals surface area contributed by atoms with E-state index in [0.29, 0.717) is 11.1 Å². The summed E-state index contributed by atoms with van der Waals surface area (Å²) in [6.45, 7) is -0.372. The van der Waals surface area contributed by atoms with Crippen molar-refractivity contribution in [2.24, 2.45) is 0 Å². The number of halogens is 3. The second kappa shape index (κ2) is 8.00. The van der Waals surface area contributed by atoms with Crippen molar-refractivity contribution >= 4 is 9.84 Å². The number of aromatic nitrogens is 2. The van der Waals surface area contributed by atoms with Crippen LogP contribution in [0.2, 0.25) is 0 Å². The highest BCUT2D eigenvalue weighted by Gasteiger charge is 2.40. The molecule has 0 radical (unpaired) electrons. The molecule has 1 aromatic heterocycles. The van der Waals surface area contributed by atoms with Gasteiger partial charge in [-0.15, -0.1) is 0 Å². The largest absolute Gasteiger partial charge is 0.433 e. The molecular weight excluding hydrogens is 405 g/mol. The van der Waals surface area contributed by atoms with Crippen molar-refractivity contribution in [2.45, 2.75) is 24.0 Å². The minimum atomic E-state index is -4.67. The predicted octanol–water partition coefficient (Wildman–Crippen LogP) is 4.02. The molecule has 0 saturated heterocycles. The van der Waals surface area contributed by atoms with E-state index in [-0.39, 0.29) is 35.7 Å². The summed E-state index contributed by atoms with van der Waals surface area (Å²) in [7, 11) is -3.44. The Morgan fingerprint density at radius 2 is 1.62 bits per heavy atom. The van der Waals surface area contributed by atoms with Gasteiger partial charge in [0.25, 0.3) is 0 Å². The summed E-state index contributed by atoms with van der Waals surface area (Å²) in [5.41, 5.74) is -0.175. The topological polar surface area (TPSA) is 72.2 Å². The number of sulfone groups is 1. The first-order valence-corrected chi connectivity index (χ1v) is 10.7. The van der Waals surface area contributed by atoms with E-state index >= 15 is 0 Å². The van der Waals surface area contributed by atoms with Crippen LogP contribution in [0.4, 0.5) is 13.2 Å². The van der Waals surface area contributed by atoms with E-state index < -0.39 is 21.7 Å². The van der Waals surface area contributed by atoms with Crippen LogP contribution in [-0.2, 0) is 22.6 Å². The number of alkyl halides is 3. The SMILES string of the molecule is CS(=O)(=O)c1ccc(-c2nn(CCCO)c(C(F)(F)F)c2-c2ccccc2)cc1. The fraction of sp³-hybridized carbons (Fsp3) is 0.250. The van der Waals surface area contributed by atoms with E-state index in [1.807, 2.05) is 0 Å². The van der Waals surface area contributed by atoms with Gasteiger partial charge in [-0.1, -0.05) is 42.5 Å². The number of aliphatic hydroxyl groups excluding tert-OH is 1. The normalized spacial score (nSPS) is 12.3. The number of aryl methyl sites for hydroxylation is 1. The molecule has 2 aromatic carbocycles. The Hall–Kier alpha value is -2.65. The molecule has 0 aliphatic rings. The summed E-state index contributed by atoms with van der Waals surface area (Å²) in [5, 5.41) is 13.2. The second-order valence-electron chi connectivity index (χ2n) is 6.53. The predicted molar refractivity (Wildman–Crippen MR) is 103 cm³/mol. The van der Waals surface area contributed by atoms with Crippen LogP contribution in [0.15, 0.2) is 59.5 Å². The highest BCUT2D eigenvalue weighted by Crippen LogP contribution is 2.42. The van der Waals surface area contributed by atoms with Gasteiger partial charge in [0.15, 0.2) is 15.5 Å². The molecule has 1 heterocycles. The molecule has 0 aliphatic carbocycles. The Morgan fingerprint density at radius 1 is 1.00 bits per heavy atom. The zero-order chi connectivity index (χ0) is 21.2. The number of nitrogens with zero attached hydrogens (tertiary/aromatic N) is 2. The van der Waals surface area contributed by atoms with Gasteiger partial charge < -0.3 is 5.11 Å². The van der Waals surface area contributed by atoms with Crippen molar-refractivity contribution in [3.63, 3.8) is 0 Å². The van der Waals surface area contributed by atoms with Gasteiger partial charge in [-0.25, -0.2) is 8.42 Å². The van der Waals surface area contributed by atoms with E-state index in [4.69, 9.17) is 5.11 Å². The van der Waals surface area contributed by atoms with Crippen LogP contribution in [0, 0.1) is 0 Å². The molecule has 0 atom stereocenters. The molecule has 29 heavy (non-hydrogen) atoms. The third-order valence-electron chi connectivity index (χ3n) is 4.37. The molecule has 3 rings (SSSR count). The molecule has 0 saturated carbocycles. The molecule has 1 N–H and O–H groups in total. The summed E-state index contributed by atoms with van der Waals surface area (Å²) in [5.74, 6) is 0. The second-order valence-corrected chi connectivity index (χ2v) is 8.55. The van der Waals surface area contributed by atoms with E-state index in [9.17, 15) is 21.6 Å². The van der Waals surface area contributed by atoms with Crippen LogP contribution in [0.1, 0.15) is 12.1 Å². The van der Waals surface area contributed by atoms with Gasteiger partial charge in [0.05, 0.1) is 4.90 Å². The van der Waals surface area contributed by atoms with Crippen LogP contribution in [-0.4, -0.2) is 36.2 Å². The van der Waals surface area contributed by atoms with Gasteiger partial charge in [-0.2, -0.15) is 18.3 Å². The molecule has 0 amide bonds. The lowest BCUT2D eigenvalue weighted by Gasteiger charge is -2.13. The fourth-order valence-corrected chi connectivity index (χ4v) is 3.70. The van der Waals surface area contributed by atoms with Gasteiger partial charge >= 0.3 is 6.18 Å². The number of aliphatic hydroxyl groups is 1. The molecule has 9 heteroatoms. The molecule has 0 fully saturated rings. The van der Waals surface area contributed by atoms with Crippen molar-refractivity contribution in [3.05, 3.63) is 60.3 Å². The van der Waals surface area contributed by atoms with Crippen molar-refractivity contribution in [2.75, 3.05) is 12.9 Å². The molecule has 154 valence electrons. The number of rotatable bonds is 6. The van der Waals surface area contributed by atoms with Crippen molar-refractivity contribution in [1.29, 1.82) is 0 Å². The molecule has 0 spiro atoms. The first-order chi connectivity index (χ1) is 13.6. The van der Waals surface area contributed by atoms with Gasteiger partial charge in [0, 0.05) is 30.5 Å². The van der Waals surface area contributed by atoms with Crippen LogP contribution in [0.25, 0.3) is 22.4 Å². The fourth-order valence-electron chi connectivity index (χ4n) is 3.07. The minimum Gasteiger partial charge on any atom is -0.396 e. The van der Waals surface area contributed by atoms with E-state index in [2.05, 4.69) is 5.10 Å². The Labute approximate surface area is 166 Å². The van der Waals surface area contributed by atoms with Gasteiger partial charge in [-0.05, 0) is 24.1 Å². The summed E-state index contributed by atoms with van der Waals surface area (Å²) in [6.07, 6.45) is -3.49. The number of benzene rings is 2. The zero-order valence-corrected chi connectivity index (χ0v) is 16.3.